The summed E-state index contributed by atoms with van der Waals surface area (Å²) in [6, 6.07) is -0.633. The summed E-state index contributed by atoms with van der Waals surface area (Å²) in [4.78, 5) is 24.5. The van der Waals surface area contributed by atoms with Crippen LogP contribution in [0.25, 0.3) is 0 Å². The van der Waals surface area contributed by atoms with E-state index in [1.54, 1.807) is 6.08 Å². The van der Waals surface area contributed by atoms with Crippen molar-refractivity contribution in [1.29, 1.82) is 0 Å². The molecule has 0 radical (unpaired) electrons. The smallest absolute Gasteiger partial charge is 0.305 e. The van der Waals surface area contributed by atoms with Gasteiger partial charge in [-0.15, -0.1) is 0 Å². The van der Waals surface area contributed by atoms with Crippen LogP contribution in [0.1, 0.15) is 303 Å². The van der Waals surface area contributed by atoms with Gasteiger partial charge in [-0.3, -0.25) is 9.59 Å². The molecule has 2 atom stereocenters. The molecule has 0 saturated heterocycles. The molecule has 0 aliphatic heterocycles. The number of hydrogen-bond acceptors (Lipinski definition) is 5. The van der Waals surface area contributed by atoms with Crippen molar-refractivity contribution >= 4 is 11.9 Å². The highest BCUT2D eigenvalue weighted by Crippen LogP contribution is 2.16. The first kappa shape index (κ1) is 63.1. The maximum absolute atomic E-state index is 12.4. The standard InChI is InChI=1S/C59H111NO5/c1-3-5-7-9-11-13-15-17-18-26-29-33-37-41-45-49-53-59(64)65-54-50-46-42-38-34-30-27-24-22-20-19-21-23-25-28-32-36-40-44-48-52-58(63)60-56(55-61)57(62)51-47-43-39-35-31-16-14-12-10-8-6-4-2/h18-19,21,26,47,51,56-57,61-62H,3-17,20,22-25,27-46,48-50,52-55H2,1-2H3,(H,60,63)/b21-19-,26-18-,51-47+. The van der Waals surface area contributed by atoms with Crippen molar-refractivity contribution in [2.75, 3.05) is 13.2 Å². The van der Waals surface area contributed by atoms with Crippen LogP contribution in [0.3, 0.4) is 0 Å². The third kappa shape index (κ3) is 51.3. The fourth-order valence-corrected chi connectivity index (χ4v) is 8.68. The van der Waals surface area contributed by atoms with Crippen LogP contribution in [0.2, 0.25) is 0 Å². The number of nitrogens with one attached hydrogen (secondary N) is 1. The molecule has 0 saturated carbocycles. The molecular formula is C59H111NO5. The first-order valence-corrected chi connectivity index (χ1v) is 28.8. The fourth-order valence-electron chi connectivity index (χ4n) is 8.68. The van der Waals surface area contributed by atoms with Crippen LogP contribution in [0.15, 0.2) is 36.5 Å². The predicted molar refractivity (Wildman–Crippen MR) is 283 cm³/mol. The molecule has 0 aromatic heterocycles. The molecule has 3 N–H and O–H groups in total. The number of rotatable bonds is 53. The molecule has 2 unspecified atom stereocenters. The third-order valence-electron chi connectivity index (χ3n) is 13.1. The lowest BCUT2D eigenvalue weighted by molar-refractivity contribution is -0.143. The molecule has 0 aromatic rings. The van der Waals surface area contributed by atoms with Crippen molar-refractivity contribution in [3.63, 3.8) is 0 Å². The molecule has 65 heavy (non-hydrogen) atoms. The molecule has 0 aromatic carbocycles. The van der Waals surface area contributed by atoms with Crippen molar-refractivity contribution in [3.05, 3.63) is 36.5 Å². The highest BCUT2D eigenvalue weighted by molar-refractivity contribution is 5.76. The summed E-state index contributed by atoms with van der Waals surface area (Å²) in [5.41, 5.74) is 0. The van der Waals surface area contributed by atoms with E-state index in [-0.39, 0.29) is 18.5 Å². The number of aliphatic hydroxyl groups is 2. The maximum Gasteiger partial charge on any atom is 0.305 e. The van der Waals surface area contributed by atoms with Gasteiger partial charge in [0.15, 0.2) is 0 Å². The van der Waals surface area contributed by atoms with E-state index in [4.69, 9.17) is 4.74 Å². The third-order valence-corrected chi connectivity index (χ3v) is 13.1. The van der Waals surface area contributed by atoms with Crippen LogP contribution in [-0.4, -0.2) is 47.4 Å². The number of carbonyl (C=O) groups is 2. The topological polar surface area (TPSA) is 95.9 Å². The zero-order valence-corrected chi connectivity index (χ0v) is 43.5. The number of carbonyl (C=O) groups excluding carboxylic acids is 2. The second-order valence-electron chi connectivity index (χ2n) is 19.6. The van der Waals surface area contributed by atoms with Crippen molar-refractivity contribution in [2.45, 2.75) is 315 Å². The zero-order chi connectivity index (χ0) is 47.2. The number of aliphatic hydroxyl groups excluding tert-OH is 2. The van der Waals surface area contributed by atoms with E-state index >= 15 is 0 Å². The van der Waals surface area contributed by atoms with Crippen molar-refractivity contribution in [3.8, 4) is 0 Å². The second kappa shape index (κ2) is 54.7. The number of esters is 1. The summed E-state index contributed by atoms with van der Waals surface area (Å²) in [7, 11) is 0. The van der Waals surface area contributed by atoms with Crippen molar-refractivity contribution in [2.24, 2.45) is 0 Å². The summed E-state index contributed by atoms with van der Waals surface area (Å²) in [5.74, 6) is -0.0799. The fraction of sp³-hybridized carbons (Fsp3) is 0.864. The number of amides is 1. The van der Waals surface area contributed by atoms with Gasteiger partial charge in [-0.05, 0) is 83.5 Å². The van der Waals surface area contributed by atoms with Crippen LogP contribution in [0, 0.1) is 0 Å². The largest absolute Gasteiger partial charge is 0.466 e. The van der Waals surface area contributed by atoms with E-state index < -0.39 is 12.1 Å². The average Bonchev–Trinajstić information content (AvgIpc) is 3.31. The highest BCUT2D eigenvalue weighted by Gasteiger charge is 2.18. The van der Waals surface area contributed by atoms with Gasteiger partial charge in [0.2, 0.25) is 5.91 Å². The minimum absolute atomic E-state index is 0.00221. The van der Waals surface area contributed by atoms with Gasteiger partial charge in [0.1, 0.15) is 0 Å². The first-order valence-electron chi connectivity index (χ1n) is 28.8. The van der Waals surface area contributed by atoms with Gasteiger partial charge in [0, 0.05) is 12.8 Å². The molecule has 0 heterocycles. The lowest BCUT2D eigenvalue weighted by atomic mass is 10.0. The number of unbranched alkanes of at least 4 members (excludes halogenated alkanes) is 38. The summed E-state index contributed by atoms with van der Waals surface area (Å²) in [6.07, 6.45) is 67.4. The zero-order valence-electron chi connectivity index (χ0n) is 43.5. The Hall–Kier alpha value is -1.92. The molecule has 0 rings (SSSR count). The second-order valence-corrected chi connectivity index (χ2v) is 19.6. The molecular weight excluding hydrogens is 803 g/mol. The summed E-state index contributed by atoms with van der Waals surface area (Å²) < 4.78 is 5.48. The Kier molecular flexibility index (Phi) is 53.1. The minimum Gasteiger partial charge on any atom is -0.466 e. The molecule has 0 aliphatic rings. The Morgan fingerprint density at radius 1 is 0.415 bits per heavy atom. The molecule has 0 bridgehead atoms. The van der Waals surface area contributed by atoms with E-state index in [0.29, 0.717) is 19.4 Å². The summed E-state index contributed by atoms with van der Waals surface area (Å²) in [5, 5.41) is 23.0. The van der Waals surface area contributed by atoms with Gasteiger partial charge in [-0.1, -0.05) is 243 Å². The van der Waals surface area contributed by atoms with E-state index in [9.17, 15) is 19.8 Å². The van der Waals surface area contributed by atoms with Crippen LogP contribution >= 0.6 is 0 Å². The Morgan fingerprint density at radius 3 is 1.09 bits per heavy atom. The Labute approximate surface area is 404 Å². The summed E-state index contributed by atoms with van der Waals surface area (Å²) in [6.45, 7) is 4.88. The maximum atomic E-state index is 12.4. The first-order chi connectivity index (χ1) is 32.0. The van der Waals surface area contributed by atoms with Crippen molar-refractivity contribution < 1.29 is 24.5 Å². The molecule has 1 amide bonds. The van der Waals surface area contributed by atoms with Gasteiger partial charge in [0.05, 0.1) is 25.4 Å². The van der Waals surface area contributed by atoms with E-state index in [1.165, 1.54) is 225 Å². The molecule has 6 heteroatoms. The predicted octanol–water partition coefficient (Wildman–Crippen LogP) is 17.6. The lowest BCUT2D eigenvalue weighted by Gasteiger charge is -2.20. The lowest BCUT2D eigenvalue weighted by Crippen LogP contribution is -2.45. The van der Waals surface area contributed by atoms with Gasteiger partial charge in [0.25, 0.3) is 0 Å². The summed E-state index contributed by atoms with van der Waals surface area (Å²) >= 11 is 0. The Morgan fingerprint density at radius 2 is 0.723 bits per heavy atom. The van der Waals surface area contributed by atoms with Gasteiger partial charge < -0.3 is 20.3 Å². The molecule has 0 aliphatic carbocycles. The van der Waals surface area contributed by atoms with Gasteiger partial charge in [-0.25, -0.2) is 0 Å². The van der Waals surface area contributed by atoms with Gasteiger partial charge in [-0.2, -0.15) is 0 Å². The molecule has 6 nitrogen and oxygen atoms in total. The average molecular weight is 915 g/mol. The monoisotopic (exact) mass is 914 g/mol. The van der Waals surface area contributed by atoms with Crippen LogP contribution in [-0.2, 0) is 14.3 Å². The van der Waals surface area contributed by atoms with Crippen molar-refractivity contribution in [1.82, 2.24) is 5.32 Å². The van der Waals surface area contributed by atoms with Crippen LogP contribution < -0.4 is 5.32 Å². The quantitative estimate of drug-likeness (QED) is 0.0321. The Bertz CT molecular complexity index is 1060. The van der Waals surface area contributed by atoms with Crippen LogP contribution in [0.5, 0.6) is 0 Å². The molecule has 0 spiro atoms. The van der Waals surface area contributed by atoms with E-state index in [0.717, 1.165) is 51.4 Å². The number of hydrogen-bond donors (Lipinski definition) is 3. The molecule has 382 valence electrons. The van der Waals surface area contributed by atoms with E-state index in [1.807, 2.05) is 6.08 Å². The normalized spacial score (nSPS) is 12.9. The van der Waals surface area contributed by atoms with Gasteiger partial charge >= 0.3 is 5.97 Å². The highest BCUT2D eigenvalue weighted by atomic mass is 16.5. The Balaban J connectivity index is 3.44. The number of allylic oxidation sites excluding steroid dienone is 5. The number of ether oxygens (including phenoxy) is 1. The SMILES string of the molecule is CCCCCCCCC/C=C\CCCCCCCC(=O)OCCCCCCCCCCC/C=C\CCCCCCCCCC(=O)NC(CO)C(O)/C=C/CCCCCCCCCCCC. The van der Waals surface area contributed by atoms with Crippen LogP contribution in [0.4, 0.5) is 0 Å². The molecule has 0 fully saturated rings. The van der Waals surface area contributed by atoms with E-state index in [2.05, 4.69) is 43.5 Å². The minimum atomic E-state index is -0.849.